The van der Waals surface area contributed by atoms with Crippen LogP contribution in [0.5, 0.6) is 0 Å². The van der Waals surface area contributed by atoms with Gasteiger partial charge in [-0.25, -0.2) is 4.98 Å². The summed E-state index contributed by atoms with van der Waals surface area (Å²) in [6, 6.07) is 9.41. The van der Waals surface area contributed by atoms with Crippen LogP contribution in [0.3, 0.4) is 0 Å². The monoisotopic (exact) mass is 388 g/mol. The Kier molecular flexibility index (Phi) is 4.76. The number of nitrogens with zero attached hydrogens (tertiary/aromatic N) is 3. The fourth-order valence-electron chi connectivity index (χ4n) is 3.05. The van der Waals surface area contributed by atoms with Crippen LogP contribution in [0.4, 0.5) is 5.82 Å². The lowest BCUT2D eigenvalue weighted by Crippen LogP contribution is -2.36. The summed E-state index contributed by atoms with van der Waals surface area (Å²) in [5, 5.41) is 0.249. The molecule has 0 unspecified atom stereocenters. The Morgan fingerprint density at radius 2 is 2.08 bits per heavy atom. The van der Waals surface area contributed by atoms with Crippen LogP contribution in [0.2, 0.25) is 5.28 Å². The maximum absolute atomic E-state index is 11.4. The third-order valence-electron chi connectivity index (χ3n) is 4.28. The molecule has 0 aliphatic carbocycles. The number of nitrogens with two attached hydrogens (primary N) is 1. The lowest BCUT2D eigenvalue weighted by Gasteiger charge is -2.28. The summed E-state index contributed by atoms with van der Waals surface area (Å²) in [5.74, 6) is 0.445. The van der Waals surface area contributed by atoms with E-state index in [1.165, 1.54) is 0 Å². The van der Waals surface area contributed by atoms with Gasteiger partial charge in [0.25, 0.3) is 0 Å². The zero-order valence-electron chi connectivity index (χ0n) is 13.9. The van der Waals surface area contributed by atoms with Crippen LogP contribution >= 0.6 is 22.9 Å². The summed E-state index contributed by atoms with van der Waals surface area (Å²) in [4.78, 5) is 23.5. The highest BCUT2D eigenvalue weighted by Gasteiger charge is 2.19. The van der Waals surface area contributed by atoms with Crippen molar-refractivity contribution in [3.63, 3.8) is 0 Å². The third kappa shape index (κ3) is 3.51. The van der Waals surface area contributed by atoms with Crippen molar-refractivity contribution in [1.29, 1.82) is 0 Å². The number of ether oxygens (including phenoxy) is 1. The lowest BCUT2D eigenvalue weighted by molar-refractivity contribution is 0.1000. The van der Waals surface area contributed by atoms with Crippen molar-refractivity contribution in [3.05, 3.63) is 51.6 Å². The Hall–Kier alpha value is -2.22. The van der Waals surface area contributed by atoms with Gasteiger partial charge in [-0.05, 0) is 35.4 Å². The Bertz CT molecular complexity index is 969. The number of carbonyl (C=O) groups is 1. The maximum Gasteiger partial charge on any atom is 0.248 e. The van der Waals surface area contributed by atoms with Crippen molar-refractivity contribution in [2.24, 2.45) is 5.73 Å². The van der Waals surface area contributed by atoms with E-state index in [0.717, 1.165) is 39.6 Å². The van der Waals surface area contributed by atoms with Crippen LogP contribution < -0.4 is 10.6 Å². The minimum atomic E-state index is -0.421. The number of hydrogen-bond acceptors (Lipinski definition) is 6. The van der Waals surface area contributed by atoms with Gasteiger partial charge in [0.2, 0.25) is 11.2 Å². The molecule has 1 aromatic carbocycles. The van der Waals surface area contributed by atoms with Crippen molar-refractivity contribution in [2.45, 2.75) is 6.42 Å². The molecule has 1 fully saturated rings. The van der Waals surface area contributed by atoms with Gasteiger partial charge in [-0.1, -0.05) is 12.1 Å². The molecule has 1 aliphatic heterocycles. The van der Waals surface area contributed by atoms with E-state index < -0.39 is 5.91 Å². The zero-order chi connectivity index (χ0) is 18.1. The molecule has 0 saturated carbocycles. The van der Waals surface area contributed by atoms with Crippen molar-refractivity contribution < 1.29 is 9.53 Å². The number of anilines is 1. The number of hydrogen-bond donors (Lipinski definition) is 1. The van der Waals surface area contributed by atoms with Gasteiger partial charge < -0.3 is 15.4 Å². The fourth-order valence-corrected chi connectivity index (χ4v) is 4.37. The summed E-state index contributed by atoms with van der Waals surface area (Å²) in [6.07, 6.45) is 0.697. The highest BCUT2D eigenvalue weighted by molar-refractivity contribution is 7.19. The predicted octanol–water partition coefficient (Wildman–Crippen LogP) is 2.87. The first-order chi connectivity index (χ1) is 12.6. The normalized spacial score (nSPS) is 14.7. The molecule has 1 aliphatic rings. The van der Waals surface area contributed by atoms with Gasteiger partial charge in [-0.3, -0.25) is 4.79 Å². The number of primary amides is 1. The van der Waals surface area contributed by atoms with E-state index in [4.69, 9.17) is 22.1 Å². The molecule has 8 heteroatoms. The molecule has 2 aromatic heterocycles. The van der Waals surface area contributed by atoms with Crippen molar-refractivity contribution in [1.82, 2.24) is 9.97 Å². The van der Waals surface area contributed by atoms with E-state index in [2.05, 4.69) is 14.9 Å². The topological polar surface area (TPSA) is 81.3 Å². The van der Waals surface area contributed by atoms with E-state index in [0.29, 0.717) is 25.2 Å². The van der Waals surface area contributed by atoms with Crippen molar-refractivity contribution >= 4 is 44.9 Å². The molecule has 134 valence electrons. The summed E-state index contributed by atoms with van der Waals surface area (Å²) >= 11 is 7.79. The number of rotatable bonds is 4. The Balaban J connectivity index is 1.69. The largest absolute Gasteiger partial charge is 0.378 e. The standard InChI is InChI=1S/C18H17ClN4O2S/c19-18-21-14-10-13(9-11-2-1-3-12(8-11)16(20)24)26-15(14)17(22-18)23-4-6-25-7-5-23/h1-3,8,10H,4-7,9H2,(H2,20,24). The number of amides is 1. The minimum absolute atomic E-state index is 0.249. The van der Waals surface area contributed by atoms with Crippen LogP contribution in [0.25, 0.3) is 10.2 Å². The lowest BCUT2D eigenvalue weighted by atomic mass is 10.1. The van der Waals surface area contributed by atoms with Crippen molar-refractivity contribution in [3.8, 4) is 0 Å². The molecule has 3 aromatic rings. The number of carbonyl (C=O) groups excluding carboxylic acids is 1. The van der Waals surface area contributed by atoms with Gasteiger partial charge in [-0.15, -0.1) is 11.3 Å². The van der Waals surface area contributed by atoms with Gasteiger partial charge in [0.15, 0.2) is 5.82 Å². The molecule has 4 rings (SSSR count). The van der Waals surface area contributed by atoms with Crippen LogP contribution in [-0.2, 0) is 11.2 Å². The predicted molar refractivity (Wildman–Crippen MR) is 103 cm³/mol. The molecule has 0 radical (unpaired) electrons. The minimum Gasteiger partial charge on any atom is -0.378 e. The summed E-state index contributed by atoms with van der Waals surface area (Å²) < 4.78 is 6.45. The average Bonchev–Trinajstić information content (AvgIpc) is 3.04. The molecule has 2 N–H and O–H groups in total. The van der Waals surface area contributed by atoms with Gasteiger partial charge in [0.05, 0.1) is 23.4 Å². The van der Waals surface area contributed by atoms with Crippen LogP contribution in [0, 0.1) is 0 Å². The zero-order valence-corrected chi connectivity index (χ0v) is 15.5. The van der Waals surface area contributed by atoms with E-state index in [1.54, 1.807) is 17.4 Å². The second kappa shape index (κ2) is 7.19. The first-order valence-corrected chi connectivity index (χ1v) is 9.47. The third-order valence-corrected chi connectivity index (χ3v) is 5.57. The number of thiophene rings is 1. The quantitative estimate of drug-likeness (QED) is 0.695. The maximum atomic E-state index is 11.4. The number of halogens is 1. The van der Waals surface area contributed by atoms with Gasteiger partial charge >= 0.3 is 0 Å². The Morgan fingerprint density at radius 1 is 1.27 bits per heavy atom. The molecule has 1 saturated heterocycles. The van der Waals surface area contributed by atoms with E-state index in [-0.39, 0.29) is 5.28 Å². The van der Waals surface area contributed by atoms with Crippen LogP contribution in [0.15, 0.2) is 30.3 Å². The highest BCUT2D eigenvalue weighted by Crippen LogP contribution is 2.34. The van der Waals surface area contributed by atoms with Gasteiger partial charge in [0, 0.05) is 30.0 Å². The fraction of sp³-hybridized carbons (Fsp3) is 0.278. The highest BCUT2D eigenvalue weighted by atomic mass is 35.5. The molecule has 1 amide bonds. The Labute approximate surface area is 159 Å². The Morgan fingerprint density at radius 3 is 2.85 bits per heavy atom. The molecular formula is C18H17ClN4O2S. The smallest absolute Gasteiger partial charge is 0.248 e. The van der Waals surface area contributed by atoms with Crippen molar-refractivity contribution in [2.75, 3.05) is 31.2 Å². The molecule has 3 heterocycles. The molecule has 26 heavy (non-hydrogen) atoms. The average molecular weight is 389 g/mol. The molecule has 0 spiro atoms. The first kappa shape index (κ1) is 17.2. The number of aromatic nitrogens is 2. The second-order valence-corrected chi connectivity index (χ2v) is 7.56. The van der Waals surface area contributed by atoms with E-state index in [1.807, 2.05) is 24.3 Å². The van der Waals surface area contributed by atoms with Gasteiger partial charge in [-0.2, -0.15) is 4.98 Å². The number of fused-ring (bicyclic) bond motifs is 1. The van der Waals surface area contributed by atoms with Crippen LogP contribution in [0.1, 0.15) is 20.8 Å². The molecular weight excluding hydrogens is 372 g/mol. The van der Waals surface area contributed by atoms with E-state index >= 15 is 0 Å². The van der Waals surface area contributed by atoms with Crippen LogP contribution in [-0.4, -0.2) is 42.2 Å². The molecule has 0 bridgehead atoms. The molecule has 6 nitrogen and oxygen atoms in total. The van der Waals surface area contributed by atoms with E-state index in [9.17, 15) is 4.79 Å². The number of morpholine rings is 1. The first-order valence-electron chi connectivity index (χ1n) is 8.27. The number of benzene rings is 1. The van der Waals surface area contributed by atoms with Gasteiger partial charge in [0.1, 0.15) is 0 Å². The summed E-state index contributed by atoms with van der Waals surface area (Å²) in [5.41, 5.74) is 7.76. The SMILES string of the molecule is NC(=O)c1cccc(Cc2cc3nc(Cl)nc(N4CCOCC4)c3s2)c1. The molecule has 0 atom stereocenters. The summed E-state index contributed by atoms with van der Waals surface area (Å²) in [6.45, 7) is 2.94. The second-order valence-electron chi connectivity index (χ2n) is 6.08. The summed E-state index contributed by atoms with van der Waals surface area (Å²) in [7, 11) is 0.